The summed E-state index contributed by atoms with van der Waals surface area (Å²) in [6.45, 7) is -0.0233. The highest BCUT2D eigenvalue weighted by atomic mass is 32.1. The molecule has 0 bridgehead atoms. The SMILES string of the molecule is COc1cc(-c2csc(NC(=O)c3ccccc3CN3C(=O)c4ccccc4C3=O)n2)cc(OC)c1OC. The Hall–Kier alpha value is -4.70. The summed E-state index contributed by atoms with van der Waals surface area (Å²) in [5.74, 6) is 0.289. The third-order valence-electron chi connectivity index (χ3n) is 6.15. The summed E-state index contributed by atoms with van der Waals surface area (Å²) >= 11 is 1.26. The Morgan fingerprint density at radius 3 is 2.11 bits per heavy atom. The third-order valence-corrected chi connectivity index (χ3v) is 6.91. The topological polar surface area (TPSA) is 107 Å². The van der Waals surface area contributed by atoms with E-state index in [0.29, 0.717) is 50.3 Å². The van der Waals surface area contributed by atoms with Crippen molar-refractivity contribution in [3.63, 3.8) is 0 Å². The lowest BCUT2D eigenvalue weighted by Gasteiger charge is -2.16. The molecule has 38 heavy (non-hydrogen) atoms. The molecule has 10 heteroatoms. The van der Waals surface area contributed by atoms with Gasteiger partial charge in [0.05, 0.1) is 44.7 Å². The first-order valence-corrected chi connectivity index (χ1v) is 12.4. The fourth-order valence-electron chi connectivity index (χ4n) is 4.29. The lowest BCUT2D eigenvalue weighted by Crippen LogP contribution is -2.30. The van der Waals surface area contributed by atoms with Crippen LogP contribution in [0.3, 0.4) is 0 Å². The number of nitrogens with zero attached hydrogens (tertiary/aromatic N) is 2. The molecule has 1 aliphatic heterocycles. The summed E-state index contributed by atoms with van der Waals surface area (Å²) < 4.78 is 16.2. The van der Waals surface area contributed by atoms with Crippen molar-refractivity contribution in [1.29, 1.82) is 0 Å². The summed E-state index contributed by atoms with van der Waals surface area (Å²) in [5.41, 5.74) is 2.95. The molecule has 0 unspecified atom stereocenters. The molecule has 5 rings (SSSR count). The highest BCUT2D eigenvalue weighted by Crippen LogP contribution is 2.41. The van der Waals surface area contributed by atoms with Crippen LogP contribution >= 0.6 is 11.3 Å². The van der Waals surface area contributed by atoms with Crippen molar-refractivity contribution in [2.45, 2.75) is 6.54 Å². The zero-order valence-electron chi connectivity index (χ0n) is 20.8. The number of amides is 3. The van der Waals surface area contributed by atoms with Crippen molar-refractivity contribution in [3.05, 3.63) is 88.3 Å². The number of methoxy groups -OCH3 is 3. The van der Waals surface area contributed by atoms with Gasteiger partial charge in [0.2, 0.25) is 5.75 Å². The van der Waals surface area contributed by atoms with Crippen molar-refractivity contribution >= 4 is 34.2 Å². The predicted molar refractivity (Wildman–Crippen MR) is 142 cm³/mol. The number of nitrogens with one attached hydrogen (secondary N) is 1. The van der Waals surface area contributed by atoms with Crippen molar-refractivity contribution in [2.24, 2.45) is 0 Å². The lowest BCUT2D eigenvalue weighted by atomic mass is 10.1. The zero-order valence-corrected chi connectivity index (χ0v) is 21.6. The summed E-state index contributed by atoms with van der Waals surface area (Å²) in [7, 11) is 4.60. The summed E-state index contributed by atoms with van der Waals surface area (Å²) in [5, 5.41) is 5.02. The number of carbonyl (C=O) groups excluding carboxylic acids is 3. The Kier molecular flexibility index (Phi) is 6.80. The number of aromatic nitrogens is 1. The average Bonchev–Trinajstić information content (AvgIpc) is 3.51. The minimum absolute atomic E-state index is 0.0233. The highest BCUT2D eigenvalue weighted by molar-refractivity contribution is 7.14. The van der Waals surface area contributed by atoms with Gasteiger partial charge in [0, 0.05) is 16.5 Å². The number of rotatable bonds is 8. The van der Waals surface area contributed by atoms with Crippen LogP contribution in [0.5, 0.6) is 17.2 Å². The van der Waals surface area contributed by atoms with Crippen LogP contribution in [0.4, 0.5) is 5.13 Å². The second-order valence-corrected chi connectivity index (χ2v) is 9.16. The molecule has 4 aromatic rings. The Bertz CT molecular complexity index is 1500. The quantitative estimate of drug-likeness (QED) is 0.324. The van der Waals surface area contributed by atoms with Gasteiger partial charge in [0.15, 0.2) is 16.6 Å². The molecular formula is C28H23N3O6S. The maximum atomic E-state index is 13.2. The molecule has 1 N–H and O–H groups in total. The second kappa shape index (κ2) is 10.3. The van der Waals surface area contributed by atoms with E-state index in [4.69, 9.17) is 14.2 Å². The van der Waals surface area contributed by atoms with Crippen LogP contribution in [0, 0.1) is 0 Å². The molecule has 2 heterocycles. The normalized spacial score (nSPS) is 12.3. The van der Waals surface area contributed by atoms with Crippen LogP contribution in [0.15, 0.2) is 66.0 Å². The smallest absolute Gasteiger partial charge is 0.261 e. The van der Waals surface area contributed by atoms with E-state index in [9.17, 15) is 14.4 Å². The lowest BCUT2D eigenvalue weighted by molar-refractivity contribution is 0.0640. The molecule has 1 aromatic heterocycles. The number of hydrogen-bond donors (Lipinski definition) is 1. The third kappa shape index (κ3) is 4.46. The van der Waals surface area contributed by atoms with Gasteiger partial charge in [-0.3, -0.25) is 24.6 Å². The first kappa shape index (κ1) is 25.0. The minimum Gasteiger partial charge on any atom is -0.493 e. The zero-order chi connectivity index (χ0) is 26.8. The first-order valence-electron chi connectivity index (χ1n) is 11.6. The van der Waals surface area contributed by atoms with Gasteiger partial charge in [-0.25, -0.2) is 4.98 Å². The number of anilines is 1. The van der Waals surface area contributed by atoms with Gasteiger partial charge in [0.25, 0.3) is 17.7 Å². The monoisotopic (exact) mass is 529 g/mol. The number of carbonyl (C=O) groups is 3. The summed E-state index contributed by atoms with van der Waals surface area (Å²) in [6.07, 6.45) is 0. The molecule has 0 spiro atoms. The Labute approximate surface area is 222 Å². The molecule has 0 aliphatic carbocycles. The number of imide groups is 1. The molecule has 192 valence electrons. The molecule has 0 fully saturated rings. The van der Waals surface area contributed by atoms with E-state index in [0.717, 1.165) is 10.5 Å². The first-order chi connectivity index (χ1) is 18.4. The largest absolute Gasteiger partial charge is 0.493 e. The fourth-order valence-corrected chi connectivity index (χ4v) is 5.00. The highest BCUT2D eigenvalue weighted by Gasteiger charge is 2.35. The molecule has 0 saturated heterocycles. The standard InChI is InChI=1S/C28H23N3O6S/c1-35-22-12-17(13-23(36-2)24(22)37-3)21-15-38-28(29-21)30-25(32)18-9-5-4-8-16(18)14-31-26(33)19-10-6-7-11-20(19)27(31)34/h4-13,15H,14H2,1-3H3,(H,29,30,32). The van der Waals surface area contributed by atoms with Gasteiger partial charge >= 0.3 is 0 Å². The van der Waals surface area contributed by atoms with Crippen LogP contribution < -0.4 is 19.5 Å². The maximum Gasteiger partial charge on any atom is 0.261 e. The van der Waals surface area contributed by atoms with E-state index in [1.165, 1.54) is 32.7 Å². The van der Waals surface area contributed by atoms with Crippen molar-refractivity contribution in [3.8, 4) is 28.5 Å². The number of fused-ring (bicyclic) bond motifs is 1. The van der Waals surface area contributed by atoms with Crippen molar-refractivity contribution in [2.75, 3.05) is 26.6 Å². The van der Waals surface area contributed by atoms with E-state index in [2.05, 4.69) is 10.3 Å². The van der Waals surface area contributed by atoms with E-state index in [-0.39, 0.29) is 18.4 Å². The number of hydrogen-bond acceptors (Lipinski definition) is 8. The molecule has 3 amide bonds. The predicted octanol–water partition coefficient (Wildman–Crippen LogP) is 4.88. The van der Waals surface area contributed by atoms with Gasteiger partial charge in [0.1, 0.15) is 0 Å². The number of benzene rings is 3. The Morgan fingerprint density at radius 2 is 1.50 bits per heavy atom. The van der Waals surface area contributed by atoms with Crippen LogP contribution in [-0.2, 0) is 6.54 Å². The van der Waals surface area contributed by atoms with Crippen molar-refractivity contribution in [1.82, 2.24) is 9.88 Å². The van der Waals surface area contributed by atoms with Crippen LogP contribution in [0.2, 0.25) is 0 Å². The second-order valence-electron chi connectivity index (χ2n) is 8.31. The van der Waals surface area contributed by atoms with Crippen LogP contribution in [0.25, 0.3) is 11.3 Å². The van der Waals surface area contributed by atoms with Gasteiger partial charge in [-0.1, -0.05) is 30.3 Å². The Morgan fingerprint density at radius 1 is 0.895 bits per heavy atom. The Balaban J connectivity index is 1.36. The molecule has 9 nitrogen and oxygen atoms in total. The van der Waals surface area contributed by atoms with Gasteiger partial charge in [-0.2, -0.15) is 0 Å². The van der Waals surface area contributed by atoms with Gasteiger partial charge in [-0.05, 0) is 35.9 Å². The average molecular weight is 530 g/mol. The summed E-state index contributed by atoms with van der Waals surface area (Å²) in [6, 6.07) is 17.1. The van der Waals surface area contributed by atoms with E-state index < -0.39 is 5.91 Å². The molecular weight excluding hydrogens is 506 g/mol. The van der Waals surface area contributed by atoms with E-state index in [1.807, 2.05) is 0 Å². The number of thiazole rings is 1. The van der Waals surface area contributed by atoms with E-state index in [1.54, 1.807) is 66.0 Å². The summed E-state index contributed by atoms with van der Waals surface area (Å²) in [4.78, 5) is 44.6. The molecule has 1 aliphatic rings. The van der Waals surface area contributed by atoms with Gasteiger partial charge < -0.3 is 14.2 Å². The van der Waals surface area contributed by atoms with Crippen LogP contribution in [0.1, 0.15) is 36.6 Å². The number of ether oxygens (including phenoxy) is 3. The minimum atomic E-state index is -0.400. The van der Waals surface area contributed by atoms with Crippen molar-refractivity contribution < 1.29 is 28.6 Å². The fraction of sp³-hybridized carbons (Fsp3) is 0.143. The van der Waals surface area contributed by atoms with Gasteiger partial charge in [-0.15, -0.1) is 11.3 Å². The van der Waals surface area contributed by atoms with Crippen LogP contribution in [-0.4, -0.2) is 48.9 Å². The van der Waals surface area contributed by atoms with E-state index >= 15 is 0 Å². The maximum absolute atomic E-state index is 13.2. The molecule has 0 radical (unpaired) electrons. The molecule has 3 aromatic carbocycles. The molecule has 0 atom stereocenters. The molecule has 0 saturated carbocycles.